The molecule has 0 aliphatic carbocycles. The molecule has 0 aromatic heterocycles. The molecule has 19 heavy (non-hydrogen) atoms. The number of primary amides is 1. The smallest absolute Gasteiger partial charge is 0.326 e. The minimum atomic E-state index is -1.33. The summed E-state index contributed by atoms with van der Waals surface area (Å²) in [5, 5.41) is 11.2. The summed E-state index contributed by atoms with van der Waals surface area (Å²) in [6.07, 6.45) is 1.09. The van der Waals surface area contributed by atoms with E-state index in [0.29, 0.717) is 0 Å². The van der Waals surface area contributed by atoms with Crippen molar-refractivity contribution in [2.24, 2.45) is 5.73 Å². The van der Waals surface area contributed by atoms with Gasteiger partial charge in [-0.25, -0.2) is 9.59 Å². The fourth-order valence-corrected chi connectivity index (χ4v) is 1.42. The number of rotatable bonds is 6. The average Bonchev–Trinajstić information content (AvgIpc) is 2.22. The molecule has 4 N–H and O–H groups in total. The topological polar surface area (TPSA) is 113 Å². The third kappa shape index (κ3) is 5.89. The lowest BCUT2D eigenvalue weighted by molar-refractivity contribution is -0.141. The number of carbonyl (C=O) groups is 3. The van der Waals surface area contributed by atoms with Gasteiger partial charge in [0.25, 0.3) is 0 Å². The van der Waals surface area contributed by atoms with Gasteiger partial charge in [-0.2, -0.15) is 0 Å². The van der Waals surface area contributed by atoms with Crippen molar-refractivity contribution in [3.05, 3.63) is 12.7 Å². The molecule has 108 valence electrons. The van der Waals surface area contributed by atoms with Crippen molar-refractivity contribution in [3.63, 3.8) is 0 Å². The first-order chi connectivity index (χ1) is 8.59. The molecule has 0 aromatic carbocycles. The number of urea groups is 1. The molecule has 0 rings (SSSR count). The zero-order valence-electron chi connectivity index (χ0n) is 11.5. The van der Waals surface area contributed by atoms with Crippen LogP contribution in [0.5, 0.6) is 0 Å². The Bertz CT molecular complexity index is 374. The largest absolute Gasteiger partial charge is 0.480 e. The molecule has 0 saturated carbocycles. The number of nitrogens with one attached hydrogen (secondary N) is 1. The third-order valence-electron chi connectivity index (χ3n) is 2.37. The van der Waals surface area contributed by atoms with Gasteiger partial charge < -0.3 is 21.1 Å². The van der Waals surface area contributed by atoms with Crippen molar-refractivity contribution < 1.29 is 19.5 Å². The summed E-state index contributed by atoms with van der Waals surface area (Å²) in [7, 11) is 0. The van der Waals surface area contributed by atoms with Crippen LogP contribution in [0.2, 0.25) is 0 Å². The van der Waals surface area contributed by atoms with E-state index in [0.717, 1.165) is 0 Å². The molecule has 0 aliphatic rings. The highest BCUT2D eigenvalue weighted by Crippen LogP contribution is 2.13. The monoisotopic (exact) mass is 271 g/mol. The summed E-state index contributed by atoms with van der Waals surface area (Å²) in [5.74, 6) is -2.10. The van der Waals surface area contributed by atoms with Gasteiger partial charge in [-0.1, -0.05) is 6.08 Å². The second kappa shape index (κ2) is 6.77. The zero-order valence-corrected chi connectivity index (χ0v) is 11.5. The quantitative estimate of drug-likeness (QED) is 0.603. The zero-order chi connectivity index (χ0) is 15.2. The number of aliphatic carboxylic acids is 1. The first-order valence-corrected chi connectivity index (χ1v) is 5.79. The van der Waals surface area contributed by atoms with Crippen LogP contribution in [0.4, 0.5) is 4.79 Å². The predicted molar refractivity (Wildman–Crippen MR) is 70.4 cm³/mol. The number of nitrogens with zero attached hydrogens (tertiary/aromatic N) is 1. The van der Waals surface area contributed by atoms with Gasteiger partial charge in [-0.05, 0) is 20.8 Å². The minimum absolute atomic E-state index is 0.262. The Morgan fingerprint density at radius 1 is 1.42 bits per heavy atom. The first kappa shape index (κ1) is 16.9. The van der Waals surface area contributed by atoms with Crippen molar-refractivity contribution >= 4 is 17.9 Å². The highest BCUT2D eigenvalue weighted by atomic mass is 16.4. The molecule has 0 aromatic rings. The van der Waals surface area contributed by atoms with Gasteiger partial charge in [-0.15, -0.1) is 6.58 Å². The number of hydrogen-bond acceptors (Lipinski definition) is 3. The van der Waals surface area contributed by atoms with E-state index >= 15 is 0 Å². The predicted octanol–water partition coefficient (Wildman–Crippen LogP) is 0.311. The third-order valence-corrected chi connectivity index (χ3v) is 2.37. The maximum absolute atomic E-state index is 12.0. The molecule has 0 spiro atoms. The number of carbonyl (C=O) groups excluding carboxylic acids is 2. The van der Waals surface area contributed by atoms with E-state index in [1.165, 1.54) is 11.0 Å². The van der Waals surface area contributed by atoms with Crippen LogP contribution in [0.15, 0.2) is 12.7 Å². The molecule has 0 radical (unpaired) electrons. The van der Waals surface area contributed by atoms with Crippen molar-refractivity contribution in [1.82, 2.24) is 10.2 Å². The maximum atomic E-state index is 12.0. The molecule has 1 atom stereocenters. The van der Waals surface area contributed by atoms with Crippen LogP contribution < -0.4 is 11.1 Å². The fraction of sp³-hybridized carbons (Fsp3) is 0.583. The van der Waals surface area contributed by atoms with Gasteiger partial charge in [-0.3, -0.25) is 4.79 Å². The Morgan fingerprint density at radius 2 is 1.95 bits per heavy atom. The van der Waals surface area contributed by atoms with Crippen molar-refractivity contribution in [3.8, 4) is 0 Å². The maximum Gasteiger partial charge on any atom is 0.326 e. The molecule has 0 aliphatic heterocycles. The van der Waals surface area contributed by atoms with Crippen LogP contribution >= 0.6 is 0 Å². The standard InChI is InChI=1S/C12H21N3O4/c1-5-6-15(12(2,3)4)11(19)14-8(10(17)18)7-9(13)16/h5,8H,1,6-7H2,2-4H3,(H2,13,16)(H,14,19)(H,17,18)/t8-/m0/s1. The van der Waals surface area contributed by atoms with Gasteiger partial charge in [0.15, 0.2) is 0 Å². The lowest BCUT2D eigenvalue weighted by atomic mass is 10.1. The van der Waals surface area contributed by atoms with E-state index in [1.54, 1.807) is 20.8 Å². The Morgan fingerprint density at radius 3 is 2.26 bits per heavy atom. The Labute approximate surface area is 112 Å². The fourth-order valence-electron chi connectivity index (χ4n) is 1.42. The van der Waals surface area contributed by atoms with Gasteiger partial charge in [0.2, 0.25) is 5.91 Å². The number of amides is 3. The Balaban J connectivity index is 4.90. The van der Waals surface area contributed by atoms with Crippen LogP contribution in [-0.2, 0) is 9.59 Å². The van der Waals surface area contributed by atoms with E-state index in [9.17, 15) is 14.4 Å². The molecule has 0 unspecified atom stereocenters. The normalized spacial score (nSPS) is 12.4. The second-order valence-electron chi connectivity index (χ2n) is 5.08. The molecule has 0 saturated heterocycles. The Kier molecular flexibility index (Phi) is 6.04. The Hall–Kier alpha value is -2.05. The summed E-state index contributed by atoms with van der Waals surface area (Å²) in [6.45, 7) is 9.23. The van der Waals surface area contributed by atoms with Gasteiger partial charge in [0, 0.05) is 12.1 Å². The molecule has 7 nitrogen and oxygen atoms in total. The van der Waals surface area contributed by atoms with E-state index in [2.05, 4.69) is 11.9 Å². The van der Waals surface area contributed by atoms with Crippen molar-refractivity contribution in [2.45, 2.75) is 38.8 Å². The van der Waals surface area contributed by atoms with Crippen LogP contribution in [0, 0.1) is 0 Å². The summed E-state index contributed by atoms with van der Waals surface area (Å²) < 4.78 is 0. The van der Waals surface area contributed by atoms with E-state index in [4.69, 9.17) is 10.8 Å². The van der Waals surface area contributed by atoms with Gasteiger partial charge in [0.05, 0.1) is 6.42 Å². The number of hydrogen-bond donors (Lipinski definition) is 3. The van der Waals surface area contributed by atoms with Crippen LogP contribution in [-0.4, -0.2) is 46.0 Å². The van der Waals surface area contributed by atoms with E-state index in [-0.39, 0.29) is 6.54 Å². The first-order valence-electron chi connectivity index (χ1n) is 5.79. The summed E-state index contributed by atoms with van der Waals surface area (Å²) in [5.41, 5.74) is 4.44. The van der Waals surface area contributed by atoms with Crippen molar-refractivity contribution in [2.75, 3.05) is 6.54 Å². The average molecular weight is 271 g/mol. The van der Waals surface area contributed by atoms with Gasteiger partial charge in [0.1, 0.15) is 6.04 Å². The van der Waals surface area contributed by atoms with Gasteiger partial charge >= 0.3 is 12.0 Å². The second-order valence-corrected chi connectivity index (χ2v) is 5.08. The lowest BCUT2D eigenvalue weighted by Gasteiger charge is -2.35. The van der Waals surface area contributed by atoms with E-state index < -0.39 is 35.9 Å². The highest BCUT2D eigenvalue weighted by Gasteiger charge is 2.29. The number of carboxylic acid groups (broad SMARTS) is 1. The van der Waals surface area contributed by atoms with Crippen LogP contribution in [0.1, 0.15) is 27.2 Å². The highest BCUT2D eigenvalue weighted by molar-refractivity contribution is 5.87. The lowest BCUT2D eigenvalue weighted by Crippen LogP contribution is -2.54. The molecular formula is C12H21N3O4. The molecular weight excluding hydrogens is 250 g/mol. The summed E-state index contributed by atoms with van der Waals surface area (Å²) in [4.78, 5) is 35.1. The SMILES string of the molecule is C=CCN(C(=O)N[C@@H](CC(N)=O)C(=O)O)C(C)(C)C. The summed E-state index contributed by atoms with van der Waals surface area (Å²) >= 11 is 0. The number of nitrogens with two attached hydrogens (primary N) is 1. The molecule has 0 fully saturated rings. The van der Waals surface area contributed by atoms with E-state index in [1.807, 2.05) is 0 Å². The summed E-state index contributed by atoms with van der Waals surface area (Å²) in [6, 6.07) is -1.92. The molecule has 3 amide bonds. The molecule has 0 bridgehead atoms. The molecule has 0 heterocycles. The minimum Gasteiger partial charge on any atom is -0.480 e. The number of carboxylic acids is 1. The van der Waals surface area contributed by atoms with Crippen molar-refractivity contribution in [1.29, 1.82) is 0 Å². The van der Waals surface area contributed by atoms with Crippen LogP contribution in [0.3, 0.4) is 0 Å². The van der Waals surface area contributed by atoms with Crippen LogP contribution in [0.25, 0.3) is 0 Å². The molecule has 7 heteroatoms.